The molecule has 0 fully saturated rings. The average molecular weight is 130 g/mol. The lowest BCUT2D eigenvalue weighted by atomic mass is 10.00. The summed E-state index contributed by atoms with van der Waals surface area (Å²) in [5, 5.41) is 3.30. The number of amidine groups is 1. The summed E-state index contributed by atoms with van der Waals surface area (Å²) in [4.78, 5) is 0. The van der Waals surface area contributed by atoms with Crippen LogP contribution in [-0.4, -0.2) is 11.4 Å². The number of hydrogen-bond acceptors (Lipinski definition) is 3. The lowest BCUT2D eigenvalue weighted by Crippen LogP contribution is -2.49. The maximum Gasteiger partial charge on any atom is 0.139 e. The lowest BCUT2D eigenvalue weighted by Gasteiger charge is -2.20. The number of hydrazone groups is 1. The monoisotopic (exact) mass is 130 g/mol. The summed E-state index contributed by atoms with van der Waals surface area (Å²) in [6, 6.07) is 0. The molecule has 0 aliphatic rings. The first-order chi connectivity index (χ1) is 4.04. The van der Waals surface area contributed by atoms with Crippen LogP contribution >= 0.6 is 0 Å². The molecule has 4 heteroatoms. The summed E-state index contributed by atoms with van der Waals surface area (Å²) in [5.41, 5.74) is 10.4. The predicted octanol–water partition coefficient (Wildman–Crippen LogP) is -0.655. The maximum atomic E-state index is 5.63. The summed E-state index contributed by atoms with van der Waals surface area (Å²) in [7, 11) is 0. The second kappa shape index (κ2) is 2.68. The fourth-order valence-electron chi connectivity index (χ4n) is 0.329. The molecular formula is C5H14N4. The lowest BCUT2D eigenvalue weighted by molar-refractivity contribution is 0.594. The van der Waals surface area contributed by atoms with Crippen molar-refractivity contribution in [1.29, 1.82) is 0 Å². The summed E-state index contributed by atoms with van der Waals surface area (Å²) in [6.07, 6.45) is 0.736. The Morgan fingerprint density at radius 1 is 1.67 bits per heavy atom. The Balaban J connectivity index is 4.14. The van der Waals surface area contributed by atoms with Crippen molar-refractivity contribution in [3.05, 3.63) is 0 Å². The Labute approximate surface area is 55.1 Å². The summed E-state index contributed by atoms with van der Waals surface area (Å²) in [6.45, 7) is 3.72. The van der Waals surface area contributed by atoms with Crippen molar-refractivity contribution in [2.45, 2.75) is 25.8 Å². The van der Waals surface area contributed by atoms with Gasteiger partial charge >= 0.3 is 0 Å². The van der Waals surface area contributed by atoms with Gasteiger partial charge in [-0.1, -0.05) is 6.92 Å². The van der Waals surface area contributed by atoms with Crippen LogP contribution in [0.15, 0.2) is 5.10 Å². The molecule has 6 N–H and O–H groups in total. The van der Waals surface area contributed by atoms with Crippen molar-refractivity contribution >= 4 is 5.84 Å². The van der Waals surface area contributed by atoms with Gasteiger partial charge in [0.2, 0.25) is 0 Å². The number of hydrogen-bond donors (Lipinski definition) is 3. The fourth-order valence-corrected chi connectivity index (χ4v) is 0.329. The molecule has 0 aromatic carbocycles. The Kier molecular flexibility index (Phi) is 2.45. The van der Waals surface area contributed by atoms with Gasteiger partial charge in [-0.2, -0.15) is 5.10 Å². The van der Waals surface area contributed by atoms with Crippen LogP contribution in [0, 0.1) is 0 Å². The molecule has 1 atom stereocenters. The molecule has 0 aromatic heterocycles. The van der Waals surface area contributed by atoms with Gasteiger partial charge in [0, 0.05) is 0 Å². The van der Waals surface area contributed by atoms with Crippen molar-refractivity contribution in [2.24, 2.45) is 22.4 Å². The Bertz CT molecular complexity index is 116. The van der Waals surface area contributed by atoms with E-state index in [1.54, 1.807) is 6.92 Å². The second-order valence-corrected chi connectivity index (χ2v) is 2.29. The normalized spacial score (nSPS) is 19.2. The molecule has 9 heavy (non-hydrogen) atoms. The van der Waals surface area contributed by atoms with Crippen LogP contribution in [-0.2, 0) is 0 Å². The molecule has 4 nitrogen and oxygen atoms in total. The van der Waals surface area contributed by atoms with E-state index in [1.165, 1.54) is 0 Å². The van der Waals surface area contributed by atoms with Crippen molar-refractivity contribution in [3.8, 4) is 0 Å². The van der Waals surface area contributed by atoms with Crippen LogP contribution in [0.3, 0.4) is 0 Å². The zero-order valence-corrected chi connectivity index (χ0v) is 5.89. The highest BCUT2D eigenvalue weighted by Crippen LogP contribution is 2.02. The molecule has 54 valence electrons. The van der Waals surface area contributed by atoms with Crippen molar-refractivity contribution in [2.75, 3.05) is 0 Å². The minimum Gasteiger partial charge on any atom is -0.384 e. The van der Waals surface area contributed by atoms with Crippen molar-refractivity contribution in [3.63, 3.8) is 0 Å². The van der Waals surface area contributed by atoms with Gasteiger partial charge in [-0.25, -0.2) is 0 Å². The molecule has 0 aromatic rings. The van der Waals surface area contributed by atoms with Gasteiger partial charge in [0.15, 0.2) is 0 Å². The third-order valence-corrected chi connectivity index (χ3v) is 1.46. The molecule has 0 aliphatic heterocycles. The highest BCUT2D eigenvalue weighted by atomic mass is 15.2. The molecule has 0 saturated carbocycles. The minimum atomic E-state index is -0.547. The highest BCUT2D eigenvalue weighted by Gasteiger charge is 2.19. The molecular weight excluding hydrogens is 116 g/mol. The van der Waals surface area contributed by atoms with Crippen LogP contribution < -0.4 is 17.3 Å². The van der Waals surface area contributed by atoms with Crippen LogP contribution in [0.1, 0.15) is 20.3 Å². The van der Waals surface area contributed by atoms with Gasteiger partial charge in [0.25, 0.3) is 0 Å². The maximum absolute atomic E-state index is 5.63. The summed E-state index contributed by atoms with van der Waals surface area (Å²) in [5.74, 6) is 5.21. The molecule has 0 saturated heterocycles. The first-order valence-corrected chi connectivity index (χ1v) is 2.87. The van der Waals surface area contributed by atoms with Gasteiger partial charge in [-0.15, -0.1) is 0 Å². The van der Waals surface area contributed by atoms with E-state index in [4.69, 9.17) is 17.3 Å². The Morgan fingerprint density at radius 3 is 2.22 bits per heavy atom. The molecule has 0 radical (unpaired) electrons. The van der Waals surface area contributed by atoms with Gasteiger partial charge in [-0.3, -0.25) is 0 Å². The first-order valence-electron chi connectivity index (χ1n) is 2.87. The van der Waals surface area contributed by atoms with Gasteiger partial charge < -0.3 is 17.3 Å². The van der Waals surface area contributed by atoms with E-state index in [9.17, 15) is 0 Å². The quantitative estimate of drug-likeness (QED) is 0.201. The zero-order chi connectivity index (χ0) is 7.49. The smallest absolute Gasteiger partial charge is 0.139 e. The zero-order valence-electron chi connectivity index (χ0n) is 5.89. The van der Waals surface area contributed by atoms with E-state index < -0.39 is 5.54 Å². The van der Waals surface area contributed by atoms with E-state index in [-0.39, 0.29) is 0 Å². The van der Waals surface area contributed by atoms with E-state index in [0.29, 0.717) is 5.84 Å². The van der Waals surface area contributed by atoms with Crippen LogP contribution in [0.5, 0.6) is 0 Å². The topological polar surface area (TPSA) is 90.4 Å². The largest absolute Gasteiger partial charge is 0.384 e. The third-order valence-electron chi connectivity index (χ3n) is 1.46. The molecule has 1 unspecified atom stereocenters. The molecule has 0 bridgehead atoms. The second-order valence-electron chi connectivity index (χ2n) is 2.29. The number of rotatable bonds is 2. The Morgan fingerprint density at radius 2 is 2.11 bits per heavy atom. The molecule has 0 aliphatic carbocycles. The Hall–Kier alpha value is -0.770. The van der Waals surface area contributed by atoms with Crippen LogP contribution in [0.2, 0.25) is 0 Å². The molecule has 0 rings (SSSR count). The fraction of sp³-hybridized carbons (Fsp3) is 0.800. The van der Waals surface area contributed by atoms with E-state index in [1.807, 2.05) is 6.92 Å². The van der Waals surface area contributed by atoms with E-state index >= 15 is 0 Å². The van der Waals surface area contributed by atoms with Gasteiger partial charge in [0.1, 0.15) is 5.84 Å². The summed E-state index contributed by atoms with van der Waals surface area (Å²) < 4.78 is 0. The third kappa shape index (κ3) is 1.89. The van der Waals surface area contributed by atoms with Gasteiger partial charge in [0.05, 0.1) is 5.54 Å². The molecule has 0 heterocycles. The van der Waals surface area contributed by atoms with Crippen LogP contribution in [0.4, 0.5) is 0 Å². The van der Waals surface area contributed by atoms with Gasteiger partial charge in [-0.05, 0) is 13.3 Å². The summed E-state index contributed by atoms with van der Waals surface area (Å²) >= 11 is 0. The number of nitrogens with zero attached hydrogens (tertiary/aromatic N) is 1. The first kappa shape index (κ1) is 8.23. The van der Waals surface area contributed by atoms with Crippen LogP contribution in [0.25, 0.3) is 0 Å². The average Bonchev–Trinajstić information content (AvgIpc) is 1.86. The SMILES string of the molecule is CCC(C)(N)C(N)=NN. The van der Waals surface area contributed by atoms with Crippen molar-refractivity contribution < 1.29 is 0 Å². The van der Waals surface area contributed by atoms with Crippen molar-refractivity contribution in [1.82, 2.24) is 0 Å². The standard InChI is InChI=1S/C5H14N4/c1-3-5(2,7)4(6)9-8/h3,7-8H2,1-2H3,(H2,6,9). The highest BCUT2D eigenvalue weighted by molar-refractivity contribution is 5.89. The number of nitrogens with two attached hydrogens (primary N) is 3. The van der Waals surface area contributed by atoms with E-state index in [0.717, 1.165) is 6.42 Å². The van der Waals surface area contributed by atoms with E-state index in [2.05, 4.69) is 5.10 Å². The minimum absolute atomic E-state index is 0.296. The molecule has 0 spiro atoms. The predicted molar refractivity (Wildman–Crippen MR) is 38.7 cm³/mol. The molecule has 0 amide bonds.